The lowest BCUT2D eigenvalue weighted by molar-refractivity contribution is 0.0862. The van der Waals surface area contributed by atoms with Crippen LogP contribution >= 0.6 is 0 Å². The molecule has 1 heterocycles. The van der Waals surface area contributed by atoms with Crippen molar-refractivity contribution in [2.45, 2.75) is 102 Å². The van der Waals surface area contributed by atoms with Crippen molar-refractivity contribution in [3.05, 3.63) is 59.3 Å². The van der Waals surface area contributed by atoms with Crippen molar-refractivity contribution in [3.8, 4) is 0 Å². The molecule has 6 heteroatoms. The second-order valence-electron chi connectivity index (χ2n) is 12.2. The zero-order valence-corrected chi connectivity index (χ0v) is 22.0. The van der Waals surface area contributed by atoms with Gasteiger partial charge < -0.3 is 19.8 Å². The average Bonchev–Trinajstić information content (AvgIpc) is 3.41. The van der Waals surface area contributed by atoms with Gasteiger partial charge in [-0.15, -0.1) is 0 Å². The van der Waals surface area contributed by atoms with Crippen molar-refractivity contribution in [2.24, 2.45) is 23.2 Å². The van der Waals surface area contributed by atoms with Crippen LogP contribution in [-0.2, 0) is 5.41 Å². The zero-order valence-electron chi connectivity index (χ0n) is 22.0. The first-order valence-electron chi connectivity index (χ1n) is 13.8. The molecule has 4 fully saturated rings. The average molecular weight is 495 g/mol. The Hall–Kier alpha value is -2.02. The molecule has 1 aromatic rings. The molecule has 3 N–H and O–H groups in total. The summed E-state index contributed by atoms with van der Waals surface area (Å²) in [6, 6.07) is 0. The zero-order chi connectivity index (χ0) is 25.7. The van der Waals surface area contributed by atoms with Gasteiger partial charge in [-0.3, -0.25) is 0 Å². The van der Waals surface area contributed by atoms with E-state index in [1.54, 1.807) is 0 Å². The van der Waals surface area contributed by atoms with Gasteiger partial charge in [0.25, 0.3) is 0 Å². The van der Waals surface area contributed by atoms with Crippen LogP contribution in [0.1, 0.15) is 83.3 Å². The summed E-state index contributed by atoms with van der Waals surface area (Å²) < 4.78 is 5.40. The molecule has 0 radical (unpaired) electrons. The predicted octanol–water partition coefficient (Wildman–Crippen LogP) is 5.10. The minimum absolute atomic E-state index is 0.237. The van der Waals surface area contributed by atoms with E-state index in [4.69, 9.17) is 4.52 Å². The number of aryl methyl sites for hydroxylation is 1. The van der Waals surface area contributed by atoms with Crippen molar-refractivity contribution >= 4 is 0 Å². The van der Waals surface area contributed by atoms with Crippen LogP contribution in [0, 0.1) is 30.1 Å². The highest BCUT2D eigenvalue weighted by Crippen LogP contribution is 2.59. The molecule has 4 aliphatic carbocycles. The van der Waals surface area contributed by atoms with Gasteiger partial charge in [0.2, 0.25) is 5.89 Å². The molecule has 6 nitrogen and oxygen atoms in total. The van der Waals surface area contributed by atoms with Gasteiger partial charge in [0.05, 0.1) is 23.7 Å². The van der Waals surface area contributed by atoms with Crippen LogP contribution in [0.25, 0.3) is 0 Å². The molecule has 196 valence electrons. The van der Waals surface area contributed by atoms with Crippen LogP contribution in [0.3, 0.4) is 0 Å². The summed E-state index contributed by atoms with van der Waals surface area (Å²) in [7, 11) is 0. The first kappa shape index (κ1) is 25.6. The summed E-state index contributed by atoms with van der Waals surface area (Å²) in [5.41, 5.74) is 3.06. The first-order chi connectivity index (χ1) is 17.1. The molecule has 4 aliphatic rings. The van der Waals surface area contributed by atoms with Crippen LogP contribution in [-0.4, -0.2) is 43.8 Å². The monoisotopic (exact) mass is 494 g/mol. The summed E-state index contributed by atoms with van der Waals surface area (Å²) in [5, 5.41) is 35.2. The number of aromatic nitrogens is 2. The fraction of sp³-hybridized carbons (Fsp3) is 0.667. The summed E-state index contributed by atoms with van der Waals surface area (Å²) in [4.78, 5) is 4.39. The van der Waals surface area contributed by atoms with Crippen molar-refractivity contribution in [1.29, 1.82) is 0 Å². The van der Waals surface area contributed by atoms with Gasteiger partial charge in [0.1, 0.15) is 0 Å². The lowest BCUT2D eigenvalue weighted by Crippen LogP contribution is -2.35. The van der Waals surface area contributed by atoms with Gasteiger partial charge in [-0.25, -0.2) is 0 Å². The Kier molecular flexibility index (Phi) is 6.90. The molecular weight excluding hydrogens is 452 g/mol. The van der Waals surface area contributed by atoms with Gasteiger partial charge >= 0.3 is 0 Å². The molecular formula is C30H42N2O4. The number of aliphatic hydroxyl groups excluding tert-OH is 3. The third-order valence-electron chi connectivity index (χ3n) is 9.84. The molecule has 7 atom stereocenters. The van der Waals surface area contributed by atoms with E-state index < -0.39 is 23.7 Å². The molecule has 0 aliphatic heterocycles. The smallest absolute Gasteiger partial charge is 0.235 e. The Morgan fingerprint density at radius 3 is 2.61 bits per heavy atom. The topological polar surface area (TPSA) is 99.6 Å². The van der Waals surface area contributed by atoms with Gasteiger partial charge in [-0.1, -0.05) is 55.5 Å². The van der Waals surface area contributed by atoms with Crippen molar-refractivity contribution < 1.29 is 19.8 Å². The van der Waals surface area contributed by atoms with Gasteiger partial charge in [-0.2, -0.15) is 4.98 Å². The van der Waals surface area contributed by atoms with E-state index in [2.05, 4.69) is 48.8 Å². The van der Waals surface area contributed by atoms with E-state index in [-0.39, 0.29) is 5.41 Å². The quantitative estimate of drug-likeness (QED) is 0.476. The molecule has 0 spiro atoms. The standard InChI is InChI=1S/C30H42N2O4/c1-18(7-12-27(35)30(14-15-30)28-31-20(3)32-36-28)24-10-11-25-21(6-5-13-29(24,25)4)8-9-22-16-23(33)17-26(34)19(22)2/h7-9,12,18,23-27,33-35H,2,5-6,10-11,13-17H2,1,3-4H3/t18-,23-,24-,25+,26+,27+,29-/m1/s1. The number of nitrogens with zero attached hydrogens (tertiary/aromatic N) is 2. The van der Waals surface area contributed by atoms with Crippen molar-refractivity contribution in [3.63, 3.8) is 0 Å². The van der Waals surface area contributed by atoms with Gasteiger partial charge in [0, 0.05) is 6.42 Å². The molecule has 5 rings (SSSR count). The number of hydrogen-bond donors (Lipinski definition) is 3. The molecule has 0 amide bonds. The second-order valence-corrected chi connectivity index (χ2v) is 12.2. The second kappa shape index (κ2) is 9.70. The highest BCUT2D eigenvalue weighted by Gasteiger charge is 2.54. The normalized spacial score (nSPS) is 38.0. The van der Waals surface area contributed by atoms with Crippen molar-refractivity contribution in [1.82, 2.24) is 10.1 Å². The van der Waals surface area contributed by atoms with E-state index in [1.807, 2.05) is 13.0 Å². The molecule has 36 heavy (non-hydrogen) atoms. The van der Waals surface area contributed by atoms with E-state index in [9.17, 15) is 15.3 Å². The lowest BCUT2D eigenvalue weighted by Gasteiger charge is -2.44. The van der Waals surface area contributed by atoms with E-state index in [1.165, 1.54) is 31.3 Å². The van der Waals surface area contributed by atoms with Crippen LogP contribution in [0.4, 0.5) is 0 Å². The molecule has 0 unspecified atom stereocenters. The maximum atomic E-state index is 11.0. The molecule has 0 bridgehead atoms. The van der Waals surface area contributed by atoms with Crippen LogP contribution in [0.5, 0.6) is 0 Å². The Morgan fingerprint density at radius 1 is 1.14 bits per heavy atom. The number of aliphatic hydroxyl groups is 3. The lowest BCUT2D eigenvalue weighted by atomic mass is 9.61. The summed E-state index contributed by atoms with van der Waals surface area (Å²) in [6.07, 6.45) is 15.4. The first-order valence-corrected chi connectivity index (χ1v) is 13.8. The summed E-state index contributed by atoms with van der Waals surface area (Å²) in [6.45, 7) is 10.6. The largest absolute Gasteiger partial charge is 0.393 e. The number of hydrogen-bond acceptors (Lipinski definition) is 6. The third-order valence-corrected chi connectivity index (χ3v) is 9.84. The van der Waals surface area contributed by atoms with Gasteiger partial charge in [0.15, 0.2) is 5.82 Å². The molecule has 1 aromatic heterocycles. The fourth-order valence-electron chi connectivity index (χ4n) is 7.48. The van der Waals surface area contributed by atoms with Crippen LogP contribution in [0.2, 0.25) is 0 Å². The SMILES string of the molecule is C=C1C(=CC=C2CCC[C@]3(C)[C@@H]([C@H](C)C=C[C@H](O)C4(c5nc(C)no5)CC4)CC[C@@H]23)C[C@@H](O)C[C@@H]1O. The Balaban J connectivity index is 1.29. The molecule has 0 saturated heterocycles. The van der Waals surface area contributed by atoms with E-state index >= 15 is 0 Å². The van der Waals surface area contributed by atoms with Crippen LogP contribution in [0.15, 0.2) is 52.1 Å². The highest BCUT2D eigenvalue weighted by atomic mass is 16.5. The van der Waals surface area contributed by atoms with Crippen LogP contribution < -0.4 is 0 Å². The van der Waals surface area contributed by atoms with E-state index in [0.29, 0.717) is 42.3 Å². The number of fused-ring (bicyclic) bond motifs is 1. The highest BCUT2D eigenvalue weighted by molar-refractivity contribution is 5.38. The molecule has 0 aromatic carbocycles. The number of rotatable bonds is 6. The summed E-state index contributed by atoms with van der Waals surface area (Å²) in [5.74, 6) is 2.67. The fourth-order valence-corrected chi connectivity index (χ4v) is 7.48. The maximum Gasteiger partial charge on any atom is 0.235 e. The molecule has 4 saturated carbocycles. The Morgan fingerprint density at radius 2 is 1.92 bits per heavy atom. The van der Waals surface area contributed by atoms with E-state index in [0.717, 1.165) is 30.4 Å². The summed E-state index contributed by atoms with van der Waals surface area (Å²) >= 11 is 0. The van der Waals surface area contributed by atoms with Gasteiger partial charge in [-0.05, 0) is 92.6 Å². The Bertz CT molecular complexity index is 1080. The minimum atomic E-state index is -0.646. The maximum absolute atomic E-state index is 11.0. The number of allylic oxidation sites excluding steroid dienone is 4. The third kappa shape index (κ3) is 4.57. The predicted molar refractivity (Wildman–Crippen MR) is 139 cm³/mol. The Labute approximate surface area is 214 Å². The van der Waals surface area contributed by atoms with Crippen molar-refractivity contribution in [2.75, 3.05) is 0 Å². The minimum Gasteiger partial charge on any atom is -0.393 e.